The second kappa shape index (κ2) is 10.4. The van der Waals surface area contributed by atoms with Gasteiger partial charge in [-0.2, -0.15) is 0 Å². The van der Waals surface area contributed by atoms with Gasteiger partial charge in [0.25, 0.3) is 0 Å². The van der Waals surface area contributed by atoms with Crippen molar-refractivity contribution in [2.24, 2.45) is 0 Å². The van der Waals surface area contributed by atoms with Crippen molar-refractivity contribution >= 4 is 21.6 Å². The van der Waals surface area contributed by atoms with Gasteiger partial charge in [-0.1, -0.05) is 45.9 Å². The Bertz CT molecular complexity index is 1060. The molecular weight excluding hydrogens is 424 g/mol. The lowest BCUT2D eigenvalue weighted by atomic mass is 9.93. The highest BCUT2D eigenvalue weighted by Crippen LogP contribution is 2.32. The number of rotatable bonds is 9. The first kappa shape index (κ1) is 25.7. The second-order valence-electron chi connectivity index (χ2n) is 8.88. The molecule has 2 aromatic carbocycles. The van der Waals surface area contributed by atoms with Crippen LogP contribution < -0.4 is 14.4 Å². The number of para-hydroxylation sites is 1. The average molecular weight is 461 g/mol. The number of amides is 1. The third-order valence-corrected chi connectivity index (χ3v) is 6.73. The molecule has 1 atom stereocenters. The topological polar surface area (TPSA) is 75.7 Å². The minimum absolute atomic E-state index is 0.119. The summed E-state index contributed by atoms with van der Waals surface area (Å²) >= 11 is 0. The first-order valence-corrected chi connectivity index (χ1v) is 12.8. The van der Waals surface area contributed by atoms with Crippen LogP contribution >= 0.6 is 0 Å². The lowest BCUT2D eigenvalue weighted by Gasteiger charge is -2.27. The third-order valence-electron chi connectivity index (χ3n) is 5.60. The monoisotopic (exact) mass is 460 g/mol. The van der Waals surface area contributed by atoms with Crippen LogP contribution in [0.2, 0.25) is 0 Å². The van der Waals surface area contributed by atoms with Gasteiger partial charge in [0.2, 0.25) is 15.9 Å². The van der Waals surface area contributed by atoms with Crippen LogP contribution in [-0.4, -0.2) is 34.2 Å². The summed E-state index contributed by atoms with van der Waals surface area (Å²) in [6.07, 6.45) is 1.13. The Labute approximate surface area is 193 Å². The molecule has 0 fully saturated rings. The summed E-state index contributed by atoms with van der Waals surface area (Å²) in [6, 6.07) is 11.1. The minimum atomic E-state index is -3.65. The predicted octanol–water partition coefficient (Wildman–Crippen LogP) is 4.89. The van der Waals surface area contributed by atoms with Gasteiger partial charge in [0.15, 0.2) is 0 Å². The van der Waals surface area contributed by atoms with Gasteiger partial charge in [0, 0.05) is 0 Å². The van der Waals surface area contributed by atoms with E-state index in [1.165, 1.54) is 4.31 Å². The number of sulfonamides is 1. The number of carbonyl (C=O) groups excluding carboxylic acids is 1. The minimum Gasteiger partial charge on any atom is -0.496 e. The number of hydrogen-bond acceptors (Lipinski definition) is 4. The summed E-state index contributed by atoms with van der Waals surface area (Å²) in [5, 5.41) is 2.98. The van der Waals surface area contributed by atoms with Crippen LogP contribution in [0.15, 0.2) is 36.4 Å². The fourth-order valence-corrected chi connectivity index (χ4v) is 4.76. The maximum atomic E-state index is 12.9. The number of benzene rings is 2. The molecule has 0 aromatic heterocycles. The zero-order valence-electron chi connectivity index (χ0n) is 20.4. The van der Waals surface area contributed by atoms with Crippen molar-refractivity contribution in [3.63, 3.8) is 0 Å². The van der Waals surface area contributed by atoms with Gasteiger partial charge in [-0.25, -0.2) is 8.42 Å². The Hall–Kier alpha value is -2.54. The number of nitrogens with one attached hydrogen (secondary N) is 1. The second-order valence-corrected chi connectivity index (χ2v) is 10.8. The number of nitrogens with zero attached hydrogens (tertiary/aromatic N) is 1. The number of carbonyl (C=O) groups is 1. The van der Waals surface area contributed by atoms with Crippen LogP contribution in [-0.2, 0) is 14.8 Å². The summed E-state index contributed by atoms with van der Waals surface area (Å²) in [6.45, 7) is 11.8. The highest BCUT2D eigenvalue weighted by atomic mass is 32.2. The first-order chi connectivity index (χ1) is 14.9. The highest BCUT2D eigenvalue weighted by molar-refractivity contribution is 7.92. The van der Waals surface area contributed by atoms with Gasteiger partial charge in [0.1, 0.15) is 12.3 Å². The SMILES string of the molecule is COc1cc(C)c([C@@H](C)NC(=O)CN(c2ccccc2C(C)C)S(C)(=O)=O)cc1C(C)C. The van der Waals surface area contributed by atoms with E-state index in [9.17, 15) is 13.2 Å². The maximum Gasteiger partial charge on any atom is 0.241 e. The number of anilines is 1. The molecule has 7 heteroatoms. The average Bonchev–Trinajstić information content (AvgIpc) is 2.70. The van der Waals surface area contributed by atoms with Crippen molar-refractivity contribution in [1.29, 1.82) is 0 Å². The molecule has 0 unspecified atom stereocenters. The standard InChI is InChI=1S/C25H36N2O4S/c1-16(2)20-11-9-10-12-23(20)27(32(8,29)30)15-25(28)26-19(6)22-14-21(17(3)4)24(31-7)13-18(22)5/h9-14,16-17,19H,15H2,1-8H3,(H,26,28)/t19-/m1/s1. The summed E-state index contributed by atoms with van der Waals surface area (Å²) < 4.78 is 31.8. The Morgan fingerprint density at radius 3 is 2.12 bits per heavy atom. The molecule has 0 aliphatic rings. The Morgan fingerprint density at radius 2 is 1.59 bits per heavy atom. The maximum absolute atomic E-state index is 12.9. The van der Waals surface area contributed by atoms with E-state index in [-0.39, 0.29) is 30.3 Å². The Morgan fingerprint density at radius 1 is 1.00 bits per heavy atom. The predicted molar refractivity (Wildman–Crippen MR) is 131 cm³/mol. The summed E-state index contributed by atoms with van der Waals surface area (Å²) in [4.78, 5) is 12.9. The molecule has 32 heavy (non-hydrogen) atoms. The lowest BCUT2D eigenvalue weighted by Crippen LogP contribution is -2.41. The molecule has 1 N–H and O–H groups in total. The normalized spacial score (nSPS) is 12.7. The lowest BCUT2D eigenvalue weighted by molar-refractivity contribution is -0.120. The summed E-state index contributed by atoms with van der Waals surface area (Å²) in [5.41, 5.74) is 4.47. The van der Waals surface area contributed by atoms with Crippen LogP contribution in [0, 0.1) is 6.92 Å². The fourth-order valence-electron chi connectivity index (χ4n) is 3.89. The van der Waals surface area contributed by atoms with Crippen LogP contribution in [0.4, 0.5) is 5.69 Å². The zero-order valence-corrected chi connectivity index (χ0v) is 21.2. The molecule has 0 aliphatic heterocycles. The Balaban J connectivity index is 2.31. The van der Waals surface area contributed by atoms with Gasteiger partial charge in [-0.05, 0) is 66.1 Å². The molecule has 0 radical (unpaired) electrons. The fraction of sp³-hybridized carbons (Fsp3) is 0.480. The third kappa shape index (κ3) is 6.03. The van der Waals surface area contributed by atoms with E-state index in [1.807, 2.05) is 45.9 Å². The molecule has 0 bridgehead atoms. The van der Waals surface area contributed by atoms with Gasteiger partial charge in [-0.15, -0.1) is 0 Å². The highest BCUT2D eigenvalue weighted by Gasteiger charge is 2.25. The van der Waals surface area contributed by atoms with E-state index in [0.29, 0.717) is 5.69 Å². The molecule has 176 valence electrons. The zero-order chi connectivity index (χ0) is 24.2. The van der Waals surface area contributed by atoms with Crippen molar-refractivity contribution in [3.05, 3.63) is 58.7 Å². The van der Waals surface area contributed by atoms with Gasteiger partial charge in [-0.3, -0.25) is 9.10 Å². The van der Waals surface area contributed by atoms with Crippen molar-refractivity contribution in [2.45, 2.75) is 59.4 Å². The number of hydrogen-bond donors (Lipinski definition) is 1. The van der Waals surface area contributed by atoms with Crippen molar-refractivity contribution < 1.29 is 17.9 Å². The molecule has 0 aliphatic carbocycles. The molecule has 0 saturated carbocycles. The first-order valence-electron chi connectivity index (χ1n) is 10.9. The molecule has 6 nitrogen and oxygen atoms in total. The van der Waals surface area contributed by atoms with Gasteiger partial charge < -0.3 is 10.1 Å². The molecule has 1 amide bonds. The number of aryl methyl sites for hydroxylation is 1. The smallest absolute Gasteiger partial charge is 0.241 e. The van der Waals surface area contributed by atoms with Crippen molar-refractivity contribution in [2.75, 3.05) is 24.2 Å². The van der Waals surface area contributed by atoms with Gasteiger partial charge in [0.05, 0.1) is 25.1 Å². The van der Waals surface area contributed by atoms with Crippen molar-refractivity contribution in [3.8, 4) is 5.75 Å². The number of methoxy groups -OCH3 is 1. The molecule has 2 aromatic rings. The molecule has 0 heterocycles. The van der Waals surface area contributed by atoms with E-state index in [4.69, 9.17) is 4.74 Å². The van der Waals surface area contributed by atoms with Crippen LogP contribution in [0.25, 0.3) is 0 Å². The van der Waals surface area contributed by atoms with Crippen LogP contribution in [0.1, 0.15) is 74.8 Å². The molecule has 0 spiro atoms. The van der Waals surface area contributed by atoms with Crippen LogP contribution in [0.3, 0.4) is 0 Å². The van der Waals surface area contributed by atoms with Crippen LogP contribution in [0.5, 0.6) is 5.75 Å². The molecule has 0 saturated heterocycles. The molecular formula is C25H36N2O4S. The van der Waals surface area contributed by atoms with E-state index in [1.54, 1.807) is 19.2 Å². The van der Waals surface area contributed by atoms with E-state index in [2.05, 4.69) is 25.2 Å². The van der Waals surface area contributed by atoms with E-state index >= 15 is 0 Å². The van der Waals surface area contributed by atoms with Crippen molar-refractivity contribution in [1.82, 2.24) is 5.32 Å². The summed E-state index contributed by atoms with van der Waals surface area (Å²) in [7, 11) is -2.00. The van der Waals surface area contributed by atoms with Gasteiger partial charge >= 0.3 is 0 Å². The number of ether oxygens (including phenoxy) is 1. The largest absolute Gasteiger partial charge is 0.496 e. The van der Waals surface area contributed by atoms with E-state index in [0.717, 1.165) is 34.3 Å². The Kier molecular flexibility index (Phi) is 8.35. The van der Waals surface area contributed by atoms with E-state index < -0.39 is 10.0 Å². The quantitative estimate of drug-likeness (QED) is 0.578. The molecule has 2 rings (SSSR count). The summed E-state index contributed by atoms with van der Waals surface area (Å²) in [5.74, 6) is 0.852.